The molecule has 0 bridgehead atoms. The first-order valence-electron chi connectivity index (χ1n) is 8.40. The Morgan fingerprint density at radius 3 is 2.53 bits per heavy atom. The fourth-order valence-electron chi connectivity index (χ4n) is 4.24. The van der Waals surface area contributed by atoms with Crippen LogP contribution in [-0.4, -0.2) is 24.8 Å². The van der Waals surface area contributed by atoms with Crippen LogP contribution in [0.4, 0.5) is 0 Å². The third-order valence-electron chi connectivity index (χ3n) is 5.69. The van der Waals surface area contributed by atoms with E-state index in [4.69, 9.17) is 4.74 Å². The van der Waals surface area contributed by atoms with Gasteiger partial charge in [-0.2, -0.15) is 0 Å². The molecule has 2 atom stereocenters. The van der Waals surface area contributed by atoms with Crippen molar-refractivity contribution in [2.24, 2.45) is 11.3 Å². The summed E-state index contributed by atoms with van der Waals surface area (Å²) in [5.41, 5.74) is 0.637. The molecule has 2 fully saturated rings. The van der Waals surface area contributed by atoms with Gasteiger partial charge >= 0.3 is 0 Å². The minimum absolute atomic E-state index is 0.250. The quantitative estimate of drug-likeness (QED) is 0.808. The minimum Gasteiger partial charge on any atom is -0.375 e. The maximum absolute atomic E-state index is 6.20. The molecule has 0 aromatic rings. The van der Waals surface area contributed by atoms with Gasteiger partial charge < -0.3 is 10.1 Å². The third-order valence-corrected chi connectivity index (χ3v) is 5.69. The first-order chi connectivity index (χ1) is 9.03. The van der Waals surface area contributed by atoms with Crippen molar-refractivity contribution in [1.82, 2.24) is 5.32 Å². The molecule has 2 nitrogen and oxygen atoms in total. The zero-order valence-corrected chi connectivity index (χ0v) is 13.4. The molecular formula is C17H33NO. The predicted octanol–water partition coefficient (Wildman–Crippen LogP) is 4.14. The molecule has 2 rings (SSSR count). The van der Waals surface area contributed by atoms with Gasteiger partial charge in [-0.1, -0.05) is 40.5 Å². The highest BCUT2D eigenvalue weighted by Crippen LogP contribution is 2.45. The molecular weight excluding hydrogens is 234 g/mol. The summed E-state index contributed by atoms with van der Waals surface area (Å²) in [6.45, 7) is 11.5. The molecule has 0 amide bonds. The van der Waals surface area contributed by atoms with E-state index >= 15 is 0 Å². The normalized spacial score (nSPS) is 28.7. The van der Waals surface area contributed by atoms with Crippen LogP contribution in [0.5, 0.6) is 0 Å². The van der Waals surface area contributed by atoms with Crippen LogP contribution in [0, 0.1) is 11.3 Å². The SMILES string of the molecule is CCNC(C1CCOC2(CCCC2)C1)C(C)(C)CC. The lowest BCUT2D eigenvalue weighted by molar-refractivity contribution is -0.104. The minimum atomic E-state index is 0.250. The van der Waals surface area contributed by atoms with E-state index in [9.17, 15) is 0 Å². The van der Waals surface area contributed by atoms with E-state index < -0.39 is 0 Å². The van der Waals surface area contributed by atoms with E-state index in [-0.39, 0.29) is 5.60 Å². The molecule has 1 aliphatic heterocycles. The molecule has 112 valence electrons. The van der Waals surface area contributed by atoms with E-state index in [1.807, 2.05) is 0 Å². The number of hydrogen-bond donors (Lipinski definition) is 1. The van der Waals surface area contributed by atoms with Gasteiger partial charge in [0.25, 0.3) is 0 Å². The lowest BCUT2D eigenvalue weighted by atomic mass is 9.70. The average molecular weight is 267 g/mol. The van der Waals surface area contributed by atoms with Crippen molar-refractivity contribution in [3.8, 4) is 0 Å². The molecule has 2 unspecified atom stereocenters. The Hall–Kier alpha value is -0.0800. The van der Waals surface area contributed by atoms with Gasteiger partial charge in [-0.3, -0.25) is 0 Å². The average Bonchev–Trinajstić information content (AvgIpc) is 2.83. The van der Waals surface area contributed by atoms with Crippen molar-refractivity contribution in [2.75, 3.05) is 13.2 Å². The summed E-state index contributed by atoms with van der Waals surface area (Å²) in [4.78, 5) is 0. The molecule has 0 radical (unpaired) electrons. The van der Waals surface area contributed by atoms with E-state index in [1.54, 1.807) is 0 Å². The summed E-state index contributed by atoms with van der Waals surface area (Å²) >= 11 is 0. The van der Waals surface area contributed by atoms with Gasteiger partial charge in [0.1, 0.15) is 0 Å². The van der Waals surface area contributed by atoms with Crippen LogP contribution in [0.25, 0.3) is 0 Å². The molecule has 2 aliphatic rings. The van der Waals surface area contributed by atoms with Gasteiger partial charge in [-0.15, -0.1) is 0 Å². The Balaban J connectivity index is 2.08. The first-order valence-corrected chi connectivity index (χ1v) is 8.40. The molecule has 1 saturated heterocycles. The number of ether oxygens (including phenoxy) is 1. The van der Waals surface area contributed by atoms with Gasteiger partial charge in [0.05, 0.1) is 5.60 Å². The van der Waals surface area contributed by atoms with E-state index in [0.717, 1.165) is 19.1 Å². The second-order valence-electron chi connectivity index (χ2n) is 7.37. The third kappa shape index (κ3) is 3.33. The molecule has 1 saturated carbocycles. The maximum Gasteiger partial charge on any atom is 0.0685 e. The number of hydrogen-bond acceptors (Lipinski definition) is 2. The Bertz CT molecular complexity index is 281. The molecule has 2 heteroatoms. The molecule has 1 aliphatic carbocycles. The highest BCUT2D eigenvalue weighted by atomic mass is 16.5. The second kappa shape index (κ2) is 6.13. The van der Waals surface area contributed by atoms with E-state index in [2.05, 4.69) is 33.0 Å². The van der Waals surface area contributed by atoms with Crippen LogP contribution in [0.1, 0.15) is 72.6 Å². The molecule has 0 aromatic carbocycles. The van der Waals surface area contributed by atoms with Crippen molar-refractivity contribution in [3.63, 3.8) is 0 Å². The molecule has 1 N–H and O–H groups in total. The van der Waals surface area contributed by atoms with Gasteiger partial charge in [0.2, 0.25) is 0 Å². The number of nitrogens with one attached hydrogen (secondary N) is 1. The summed E-state index contributed by atoms with van der Waals surface area (Å²) in [7, 11) is 0. The molecule has 1 heterocycles. The summed E-state index contributed by atoms with van der Waals surface area (Å²) in [6, 6.07) is 0.642. The summed E-state index contributed by atoms with van der Waals surface area (Å²) in [6.07, 6.45) is 9.11. The summed E-state index contributed by atoms with van der Waals surface area (Å²) in [5, 5.41) is 3.79. The van der Waals surface area contributed by atoms with Crippen LogP contribution in [0.2, 0.25) is 0 Å². The summed E-state index contributed by atoms with van der Waals surface area (Å²) < 4.78 is 6.20. The highest BCUT2D eigenvalue weighted by Gasteiger charge is 2.44. The smallest absolute Gasteiger partial charge is 0.0685 e. The van der Waals surface area contributed by atoms with Crippen LogP contribution in [0.3, 0.4) is 0 Å². The Morgan fingerprint density at radius 2 is 1.95 bits per heavy atom. The molecule has 0 aromatic heterocycles. The van der Waals surface area contributed by atoms with Crippen molar-refractivity contribution in [3.05, 3.63) is 0 Å². The van der Waals surface area contributed by atoms with Crippen LogP contribution in [0.15, 0.2) is 0 Å². The molecule has 1 spiro atoms. The van der Waals surface area contributed by atoms with Crippen LogP contribution >= 0.6 is 0 Å². The highest BCUT2D eigenvalue weighted by molar-refractivity contribution is 4.97. The zero-order valence-electron chi connectivity index (χ0n) is 13.4. The van der Waals surface area contributed by atoms with Crippen molar-refractivity contribution in [2.45, 2.75) is 84.3 Å². The van der Waals surface area contributed by atoms with Crippen molar-refractivity contribution in [1.29, 1.82) is 0 Å². The van der Waals surface area contributed by atoms with Gasteiger partial charge in [-0.05, 0) is 50.0 Å². The van der Waals surface area contributed by atoms with Gasteiger partial charge in [0.15, 0.2) is 0 Å². The standard InChI is InChI=1S/C17H33NO/c1-5-16(3,4)15(18-6-2)14-9-12-19-17(13-14)10-7-8-11-17/h14-15,18H,5-13H2,1-4H3. The van der Waals surface area contributed by atoms with E-state index in [1.165, 1.54) is 44.9 Å². The van der Waals surface area contributed by atoms with Gasteiger partial charge in [-0.25, -0.2) is 0 Å². The first kappa shape index (κ1) is 15.3. The maximum atomic E-state index is 6.20. The fraction of sp³-hybridized carbons (Fsp3) is 1.00. The van der Waals surface area contributed by atoms with E-state index in [0.29, 0.717) is 11.5 Å². The van der Waals surface area contributed by atoms with Crippen molar-refractivity contribution < 1.29 is 4.74 Å². The lowest BCUT2D eigenvalue weighted by Gasteiger charge is -2.46. The zero-order chi connectivity index (χ0) is 13.9. The molecule has 19 heavy (non-hydrogen) atoms. The summed E-state index contributed by atoms with van der Waals surface area (Å²) in [5.74, 6) is 0.793. The number of rotatable bonds is 5. The Kier molecular flexibility index (Phi) is 4.94. The Morgan fingerprint density at radius 1 is 1.26 bits per heavy atom. The largest absolute Gasteiger partial charge is 0.375 e. The fourth-order valence-corrected chi connectivity index (χ4v) is 4.24. The van der Waals surface area contributed by atoms with Gasteiger partial charge in [0, 0.05) is 12.6 Å². The monoisotopic (exact) mass is 267 g/mol. The topological polar surface area (TPSA) is 21.3 Å². The van der Waals surface area contributed by atoms with Crippen LogP contribution < -0.4 is 5.32 Å². The lowest BCUT2D eigenvalue weighted by Crippen LogP contribution is -2.51. The second-order valence-corrected chi connectivity index (χ2v) is 7.37. The Labute approximate surface area is 119 Å². The van der Waals surface area contributed by atoms with Crippen molar-refractivity contribution >= 4 is 0 Å². The predicted molar refractivity (Wildman–Crippen MR) is 81.4 cm³/mol. The van der Waals surface area contributed by atoms with Crippen LogP contribution in [-0.2, 0) is 4.74 Å².